The number of rotatable bonds is 5. The van der Waals surface area contributed by atoms with Gasteiger partial charge in [0, 0.05) is 36.1 Å². The molecule has 0 bridgehead atoms. The topological polar surface area (TPSA) is 65.2 Å². The van der Waals surface area contributed by atoms with E-state index in [0.29, 0.717) is 6.54 Å². The summed E-state index contributed by atoms with van der Waals surface area (Å²) in [7, 11) is 0. The number of nitrogens with zero attached hydrogens (tertiary/aromatic N) is 5. The molecule has 4 rings (SSSR count). The van der Waals surface area contributed by atoms with E-state index in [4.69, 9.17) is 4.84 Å². The van der Waals surface area contributed by atoms with Crippen LogP contribution in [-0.4, -0.2) is 31.6 Å². The molecule has 0 amide bonds. The summed E-state index contributed by atoms with van der Waals surface area (Å²) >= 11 is 0. The van der Waals surface area contributed by atoms with Crippen LogP contribution in [0.1, 0.15) is 19.8 Å². The van der Waals surface area contributed by atoms with Crippen LogP contribution in [0, 0.1) is 0 Å². The molecule has 126 valence electrons. The lowest BCUT2D eigenvalue weighted by molar-refractivity contribution is 0.0698. The van der Waals surface area contributed by atoms with Gasteiger partial charge in [0.15, 0.2) is 6.10 Å². The minimum absolute atomic E-state index is 0.0792. The Hall–Kier alpha value is -3.02. The van der Waals surface area contributed by atoms with Crippen molar-refractivity contribution in [3.05, 3.63) is 55.2 Å². The largest absolute Gasteiger partial charge is 0.390 e. The van der Waals surface area contributed by atoms with Crippen molar-refractivity contribution in [3.63, 3.8) is 0 Å². The van der Waals surface area contributed by atoms with Gasteiger partial charge in [0.1, 0.15) is 6.33 Å². The van der Waals surface area contributed by atoms with E-state index in [1.807, 2.05) is 35.4 Å². The van der Waals surface area contributed by atoms with Gasteiger partial charge < -0.3 is 4.84 Å². The predicted molar refractivity (Wildman–Crippen MR) is 95.9 cm³/mol. The molecule has 6 nitrogen and oxygen atoms in total. The van der Waals surface area contributed by atoms with Gasteiger partial charge in [0.25, 0.3) is 0 Å². The fourth-order valence-corrected chi connectivity index (χ4v) is 2.93. The molecule has 0 radical (unpaired) electrons. The first-order valence-corrected chi connectivity index (χ1v) is 8.42. The third-order valence-electron chi connectivity index (χ3n) is 4.29. The van der Waals surface area contributed by atoms with Crippen LogP contribution in [0.2, 0.25) is 0 Å². The quantitative estimate of drug-likeness (QED) is 0.716. The molecule has 3 aromatic rings. The molecule has 1 aromatic carbocycles. The Labute approximate surface area is 146 Å². The zero-order chi connectivity index (χ0) is 17.1. The molecular weight excluding hydrogens is 314 g/mol. The number of aromatic nitrogens is 4. The Morgan fingerprint density at radius 3 is 2.76 bits per heavy atom. The highest BCUT2D eigenvalue weighted by Crippen LogP contribution is 2.24. The van der Waals surface area contributed by atoms with E-state index in [1.165, 1.54) is 6.33 Å². The molecule has 1 atom stereocenters. The summed E-state index contributed by atoms with van der Waals surface area (Å²) in [5.74, 6) is 0. The van der Waals surface area contributed by atoms with E-state index in [9.17, 15) is 0 Å². The van der Waals surface area contributed by atoms with Gasteiger partial charge in [-0.1, -0.05) is 30.3 Å². The standard InChI is InChI=1S/C19H19N5O/c1-2-17-9-18(25-23-17)12-24-7-6-19(22-24)15-5-3-4-14(8-15)16-10-20-13-21-11-16/h3-8,10-11,13,18H,2,9,12H2,1H3/t18-/m1/s1. The van der Waals surface area contributed by atoms with E-state index in [-0.39, 0.29) is 6.10 Å². The molecule has 0 fully saturated rings. The molecule has 0 spiro atoms. The highest BCUT2D eigenvalue weighted by atomic mass is 16.6. The Morgan fingerprint density at radius 2 is 1.96 bits per heavy atom. The maximum atomic E-state index is 5.47. The lowest BCUT2D eigenvalue weighted by Gasteiger charge is -2.08. The van der Waals surface area contributed by atoms with Gasteiger partial charge in [-0.3, -0.25) is 4.68 Å². The fourth-order valence-electron chi connectivity index (χ4n) is 2.93. The number of benzene rings is 1. The van der Waals surface area contributed by atoms with E-state index in [1.54, 1.807) is 0 Å². The molecule has 1 aliphatic rings. The van der Waals surface area contributed by atoms with Crippen molar-refractivity contribution in [2.75, 3.05) is 0 Å². The molecule has 2 aromatic heterocycles. The highest BCUT2D eigenvalue weighted by Gasteiger charge is 2.20. The van der Waals surface area contributed by atoms with Crippen LogP contribution < -0.4 is 0 Å². The van der Waals surface area contributed by atoms with Crippen molar-refractivity contribution in [1.29, 1.82) is 0 Å². The number of oxime groups is 1. The number of hydrogen-bond donors (Lipinski definition) is 0. The Kier molecular flexibility index (Phi) is 4.24. The molecule has 0 saturated carbocycles. The summed E-state index contributed by atoms with van der Waals surface area (Å²) in [5.41, 5.74) is 5.20. The van der Waals surface area contributed by atoms with Crippen molar-refractivity contribution >= 4 is 5.71 Å². The second kappa shape index (κ2) is 6.84. The van der Waals surface area contributed by atoms with Gasteiger partial charge in [-0.25, -0.2) is 9.97 Å². The summed E-state index contributed by atoms with van der Waals surface area (Å²) in [6.07, 6.45) is 9.05. The smallest absolute Gasteiger partial charge is 0.152 e. The van der Waals surface area contributed by atoms with E-state index >= 15 is 0 Å². The van der Waals surface area contributed by atoms with Gasteiger partial charge in [0.2, 0.25) is 0 Å². The number of hydrogen-bond acceptors (Lipinski definition) is 5. The summed E-state index contributed by atoms with van der Waals surface area (Å²) in [6.45, 7) is 2.81. The summed E-state index contributed by atoms with van der Waals surface area (Å²) in [6, 6.07) is 10.3. The Balaban J connectivity index is 1.51. The van der Waals surface area contributed by atoms with Crippen LogP contribution in [0.3, 0.4) is 0 Å². The predicted octanol–water partition coefficient (Wildman–Crippen LogP) is 3.56. The molecule has 1 aliphatic heterocycles. The summed E-state index contributed by atoms with van der Waals surface area (Å²) < 4.78 is 1.92. The lowest BCUT2D eigenvalue weighted by atomic mass is 10.0. The van der Waals surface area contributed by atoms with Crippen LogP contribution in [0.4, 0.5) is 0 Å². The van der Waals surface area contributed by atoms with Crippen molar-refractivity contribution in [2.24, 2.45) is 5.16 Å². The van der Waals surface area contributed by atoms with Gasteiger partial charge in [-0.2, -0.15) is 5.10 Å². The molecule has 0 unspecified atom stereocenters. The normalized spacial score (nSPS) is 16.5. The second-order valence-corrected chi connectivity index (χ2v) is 6.07. The summed E-state index contributed by atoms with van der Waals surface area (Å²) in [4.78, 5) is 13.6. The first kappa shape index (κ1) is 15.5. The van der Waals surface area contributed by atoms with E-state index in [0.717, 1.165) is 40.9 Å². The monoisotopic (exact) mass is 333 g/mol. The van der Waals surface area contributed by atoms with Crippen molar-refractivity contribution in [1.82, 2.24) is 19.7 Å². The van der Waals surface area contributed by atoms with Crippen LogP contribution in [-0.2, 0) is 11.4 Å². The molecular formula is C19H19N5O. The molecule has 0 aliphatic carbocycles. The third kappa shape index (κ3) is 3.42. The maximum Gasteiger partial charge on any atom is 0.152 e. The summed E-state index contributed by atoms with van der Waals surface area (Å²) in [5, 5.41) is 8.79. The van der Waals surface area contributed by atoms with Gasteiger partial charge in [-0.15, -0.1) is 0 Å². The molecule has 3 heterocycles. The minimum atomic E-state index is 0.0792. The van der Waals surface area contributed by atoms with Crippen molar-refractivity contribution in [3.8, 4) is 22.4 Å². The Morgan fingerprint density at radius 1 is 1.12 bits per heavy atom. The lowest BCUT2D eigenvalue weighted by Crippen LogP contribution is -2.16. The average molecular weight is 333 g/mol. The first-order valence-electron chi connectivity index (χ1n) is 8.42. The van der Waals surface area contributed by atoms with E-state index in [2.05, 4.69) is 45.3 Å². The Bertz CT molecular complexity index is 888. The second-order valence-electron chi connectivity index (χ2n) is 6.07. The molecule has 25 heavy (non-hydrogen) atoms. The molecule has 0 saturated heterocycles. The fraction of sp³-hybridized carbons (Fsp3) is 0.263. The first-order chi connectivity index (χ1) is 12.3. The van der Waals surface area contributed by atoms with Crippen LogP contribution in [0.15, 0.2) is 60.4 Å². The zero-order valence-corrected chi connectivity index (χ0v) is 14.0. The zero-order valence-electron chi connectivity index (χ0n) is 14.0. The van der Waals surface area contributed by atoms with Gasteiger partial charge >= 0.3 is 0 Å². The highest BCUT2D eigenvalue weighted by molar-refractivity contribution is 5.85. The van der Waals surface area contributed by atoms with E-state index < -0.39 is 0 Å². The van der Waals surface area contributed by atoms with Crippen LogP contribution in [0.25, 0.3) is 22.4 Å². The van der Waals surface area contributed by atoms with Gasteiger partial charge in [0.05, 0.1) is 18.0 Å². The van der Waals surface area contributed by atoms with Crippen molar-refractivity contribution in [2.45, 2.75) is 32.4 Å². The molecule has 0 N–H and O–H groups in total. The third-order valence-corrected chi connectivity index (χ3v) is 4.29. The van der Waals surface area contributed by atoms with Crippen molar-refractivity contribution < 1.29 is 4.84 Å². The average Bonchev–Trinajstić information content (AvgIpc) is 3.32. The van der Waals surface area contributed by atoms with Crippen LogP contribution >= 0.6 is 0 Å². The molecule has 6 heteroatoms. The minimum Gasteiger partial charge on any atom is -0.390 e. The van der Waals surface area contributed by atoms with Gasteiger partial charge in [-0.05, 0) is 24.1 Å². The SMILES string of the molecule is CCC1=NO[C@@H](Cn2ccc(-c3cccc(-c4cncnc4)c3)n2)C1. The van der Waals surface area contributed by atoms with Crippen LogP contribution in [0.5, 0.6) is 0 Å². The maximum absolute atomic E-state index is 5.47.